The minimum absolute atomic E-state index is 0.398. The second kappa shape index (κ2) is 15.8. The molecule has 0 aromatic rings. The van der Waals surface area contributed by atoms with Crippen molar-refractivity contribution in [3.8, 4) is 0 Å². The summed E-state index contributed by atoms with van der Waals surface area (Å²) in [4.78, 5) is 14.9. The Hall–Kier alpha value is -0.630. The van der Waals surface area contributed by atoms with Gasteiger partial charge in [0.05, 0.1) is 5.70 Å². The van der Waals surface area contributed by atoms with Gasteiger partial charge in [0.25, 0.3) is 0 Å². The minimum Gasteiger partial charge on any atom is -0.300 e. The summed E-state index contributed by atoms with van der Waals surface area (Å²) in [5, 5.41) is 0.771. The number of aliphatic imine (C=N–C) groups is 1. The van der Waals surface area contributed by atoms with Crippen molar-refractivity contribution in [2.45, 2.75) is 86.5 Å². The van der Waals surface area contributed by atoms with Gasteiger partial charge in [0, 0.05) is 17.2 Å². The molecule has 0 radical (unpaired) electrons. The second-order valence-electron chi connectivity index (χ2n) is 5.16. The largest absolute Gasteiger partial charge is 0.300 e. The highest BCUT2D eigenvalue weighted by Gasteiger charge is 2.16. The Kier molecular flexibility index (Phi) is 17.0. The van der Waals surface area contributed by atoms with Crippen LogP contribution < -0.4 is 0 Å². The monoisotopic (exact) mass is 315 g/mol. The topological polar surface area (TPSA) is 29.4 Å². The number of hydrogen-bond donors (Lipinski definition) is 0. The Labute approximate surface area is 137 Å². The lowest BCUT2D eigenvalue weighted by Gasteiger charge is -2.17. The number of Topliss-reactive ketones (excluding diaryl/α,β-unsaturated/α-hetero) is 1. The van der Waals surface area contributed by atoms with Crippen LogP contribution >= 0.6 is 11.6 Å². The Morgan fingerprint density at radius 1 is 1.14 bits per heavy atom. The molecule has 124 valence electrons. The molecular weight excluding hydrogens is 282 g/mol. The van der Waals surface area contributed by atoms with E-state index in [0.29, 0.717) is 11.7 Å². The SMILES string of the molecule is CC.CC(=O)C1CCCCC1.CCCC=N/C(C)=C(\C)Cl. The first kappa shape index (κ1) is 22.6. The molecule has 1 aliphatic carbocycles. The van der Waals surface area contributed by atoms with Crippen LogP contribution in [0.1, 0.15) is 86.5 Å². The summed E-state index contributed by atoms with van der Waals surface area (Å²) in [7, 11) is 0. The lowest BCUT2D eigenvalue weighted by molar-refractivity contribution is -0.121. The highest BCUT2D eigenvalue weighted by Crippen LogP contribution is 2.23. The van der Waals surface area contributed by atoms with E-state index in [1.807, 2.05) is 33.9 Å². The third-order valence-electron chi connectivity index (χ3n) is 3.38. The average Bonchev–Trinajstić information content (AvgIpc) is 2.51. The van der Waals surface area contributed by atoms with Crippen LogP contribution in [0.2, 0.25) is 0 Å². The van der Waals surface area contributed by atoms with E-state index in [-0.39, 0.29) is 0 Å². The molecule has 0 amide bonds. The molecule has 3 heteroatoms. The van der Waals surface area contributed by atoms with Crippen molar-refractivity contribution >= 4 is 23.6 Å². The number of ketones is 1. The molecule has 0 aliphatic heterocycles. The lowest BCUT2D eigenvalue weighted by Crippen LogP contribution is -2.13. The molecule has 0 aromatic heterocycles. The molecule has 0 aromatic carbocycles. The summed E-state index contributed by atoms with van der Waals surface area (Å²) in [5.74, 6) is 0.813. The molecule has 21 heavy (non-hydrogen) atoms. The smallest absolute Gasteiger partial charge is 0.132 e. The number of carbonyl (C=O) groups is 1. The first-order chi connectivity index (χ1) is 9.99. The zero-order valence-electron chi connectivity index (χ0n) is 14.8. The molecule has 0 heterocycles. The van der Waals surface area contributed by atoms with Crippen LogP contribution in [0.25, 0.3) is 0 Å². The molecule has 1 fully saturated rings. The molecule has 1 saturated carbocycles. The van der Waals surface area contributed by atoms with Crippen LogP contribution in [0.5, 0.6) is 0 Å². The van der Waals surface area contributed by atoms with Gasteiger partial charge in [-0.05, 0) is 40.0 Å². The maximum absolute atomic E-state index is 10.8. The van der Waals surface area contributed by atoms with E-state index in [4.69, 9.17) is 11.6 Å². The fourth-order valence-electron chi connectivity index (χ4n) is 1.93. The number of carbonyl (C=O) groups excluding carboxylic acids is 1. The number of rotatable bonds is 4. The van der Waals surface area contributed by atoms with Crippen molar-refractivity contribution in [1.82, 2.24) is 0 Å². The van der Waals surface area contributed by atoms with Gasteiger partial charge >= 0.3 is 0 Å². The van der Waals surface area contributed by atoms with Gasteiger partial charge in [0.15, 0.2) is 0 Å². The van der Waals surface area contributed by atoms with Crippen molar-refractivity contribution in [2.24, 2.45) is 10.9 Å². The van der Waals surface area contributed by atoms with E-state index < -0.39 is 0 Å². The van der Waals surface area contributed by atoms with Crippen molar-refractivity contribution in [3.63, 3.8) is 0 Å². The van der Waals surface area contributed by atoms with Gasteiger partial charge in [-0.2, -0.15) is 0 Å². The zero-order chi connectivity index (χ0) is 16.7. The van der Waals surface area contributed by atoms with E-state index in [0.717, 1.165) is 36.4 Å². The Morgan fingerprint density at radius 3 is 2.00 bits per heavy atom. The van der Waals surface area contributed by atoms with E-state index >= 15 is 0 Å². The first-order valence-electron chi connectivity index (χ1n) is 8.35. The van der Waals surface area contributed by atoms with Crippen LogP contribution in [-0.2, 0) is 4.79 Å². The standard InChI is InChI=1S/C8H14ClN.C8H14O.C2H6/c1-4-5-6-10-8(3)7(2)9;1-7(9)8-5-3-2-4-6-8;1-2/h6H,4-5H2,1-3H3;8H,2-6H2,1H3;1-2H3/b8-7+,10-6?;;. The summed E-state index contributed by atoms with van der Waals surface area (Å²) in [5.41, 5.74) is 0.912. The van der Waals surface area contributed by atoms with Gasteiger partial charge in [-0.3, -0.25) is 9.79 Å². The van der Waals surface area contributed by atoms with Gasteiger partial charge in [-0.15, -0.1) is 0 Å². The van der Waals surface area contributed by atoms with Gasteiger partial charge in [-0.1, -0.05) is 58.1 Å². The quantitative estimate of drug-likeness (QED) is 0.542. The summed E-state index contributed by atoms with van der Waals surface area (Å²) in [6.07, 6.45) is 10.2. The number of halogens is 1. The fraction of sp³-hybridized carbons (Fsp3) is 0.778. The lowest BCUT2D eigenvalue weighted by atomic mass is 9.87. The zero-order valence-corrected chi connectivity index (χ0v) is 15.6. The molecule has 0 bridgehead atoms. The Morgan fingerprint density at radius 2 is 1.67 bits per heavy atom. The van der Waals surface area contributed by atoms with E-state index in [2.05, 4.69) is 11.9 Å². The van der Waals surface area contributed by atoms with E-state index in [1.54, 1.807) is 6.92 Å². The van der Waals surface area contributed by atoms with Crippen LogP contribution in [0.4, 0.5) is 0 Å². The number of unbranched alkanes of at least 4 members (excludes halogenated alkanes) is 1. The van der Waals surface area contributed by atoms with Gasteiger partial charge in [0.2, 0.25) is 0 Å². The molecule has 1 aliphatic rings. The first-order valence-corrected chi connectivity index (χ1v) is 8.72. The third-order valence-corrected chi connectivity index (χ3v) is 3.65. The van der Waals surface area contributed by atoms with E-state index in [9.17, 15) is 4.79 Å². The highest BCUT2D eigenvalue weighted by molar-refractivity contribution is 6.29. The molecule has 2 nitrogen and oxygen atoms in total. The van der Waals surface area contributed by atoms with Gasteiger partial charge in [-0.25, -0.2) is 0 Å². The van der Waals surface area contributed by atoms with Crippen molar-refractivity contribution < 1.29 is 4.79 Å². The third kappa shape index (κ3) is 14.1. The minimum atomic E-state index is 0.398. The summed E-state index contributed by atoms with van der Waals surface area (Å²) < 4.78 is 0. The van der Waals surface area contributed by atoms with Crippen LogP contribution in [0, 0.1) is 5.92 Å². The molecule has 0 atom stereocenters. The predicted molar refractivity (Wildman–Crippen MR) is 96.2 cm³/mol. The Bertz CT molecular complexity index is 311. The van der Waals surface area contributed by atoms with Crippen molar-refractivity contribution in [3.05, 3.63) is 10.7 Å². The van der Waals surface area contributed by atoms with Crippen molar-refractivity contribution in [2.75, 3.05) is 0 Å². The number of allylic oxidation sites excluding steroid dienone is 2. The predicted octanol–water partition coefficient (Wildman–Crippen LogP) is 6.53. The molecule has 0 spiro atoms. The van der Waals surface area contributed by atoms with Gasteiger partial charge < -0.3 is 0 Å². The Balaban J connectivity index is 0. The van der Waals surface area contributed by atoms with Crippen LogP contribution in [0.3, 0.4) is 0 Å². The van der Waals surface area contributed by atoms with Crippen molar-refractivity contribution in [1.29, 1.82) is 0 Å². The second-order valence-corrected chi connectivity index (χ2v) is 5.73. The summed E-state index contributed by atoms with van der Waals surface area (Å²) in [6.45, 7) is 11.6. The van der Waals surface area contributed by atoms with Crippen LogP contribution in [-0.4, -0.2) is 12.0 Å². The number of nitrogens with zero attached hydrogens (tertiary/aromatic N) is 1. The number of hydrogen-bond acceptors (Lipinski definition) is 2. The molecule has 1 rings (SSSR count). The summed E-state index contributed by atoms with van der Waals surface area (Å²) >= 11 is 5.67. The summed E-state index contributed by atoms with van der Waals surface area (Å²) in [6, 6.07) is 0. The van der Waals surface area contributed by atoms with E-state index in [1.165, 1.54) is 19.3 Å². The maximum atomic E-state index is 10.8. The molecule has 0 saturated heterocycles. The molecule has 0 N–H and O–H groups in total. The molecule has 0 unspecified atom stereocenters. The highest BCUT2D eigenvalue weighted by atomic mass is 35.5. The van der Waals surface area contributed by atoms with Gasteiger partial charge in [0.1, 0.15) is 5.78 Å². The van der Waals surface area contributed by atoms with Crippen LogP contribution in [0.15, 0.2) is 15.7 Å². The fourth-order valence-corrected chi connectivity index (χ4v) is 1.98. The molecular formula is C18H34ClNO. The maximum Gasteiger partial charge on any atom is 0.132 e. The normalized spacial score (nSPS) is 16.3. The average molecular weight is 316 g/mol.